The fourth-order valence-corrected chi connectivity index (χ4v) is 2.93. The number of fused-ring (bicyclic) bond motifs is 2. The molecule has 0 unspecified atom stereocenters. The van der Waals surface area contributed by atoms with Crippen LogP contribution in [0.25, 0.3) is 16.8 Å². The second-order valence-corrected chi connectivity index (χ2v) is 5.92. The lowest BCUT2D eigenvalue weighted by atomic mass is 10.1. The third-order valence-corrected chi connectivity index (χ3v) is 4.28. The Kier molecular flexibility index (Phi) is 3.41. The smallest absolute Gasteiger partial charge is 0.231 e. The summed E-state index contributed by atoms with van der Waals surface area (Å²) in [6.45, 7) is 0.939. The van der Waals surface area contributed by atoms with Crippen LogP contribution in [0.3, 0.4) is 0 Å². The third-order valence-electron chi connectivity index (χ3n) is 4.28. The highest BCUT2D eigenvalue weighted by atomic mass is 16.7. The molecule has 0 saturated heterocycles. The van der Waals surface area contributed by atoms with Crippen LogP contribution in [-0.2, 0) is 6.54 Å². The van der Waals surface area contributed by atoms with Gasteiger partial charge in [0, 0.05) is 30.7 Å². The van der Waals surface area contributed by atoms with Crippen LogP contribution in [-0.4, -0.2) is 26.4 Å². The maximum Gasteiger partial charge on any atom is 0.231 e. The maximum atomic E-state index is 5.47. The van der Waals surface area contributed by atoms with Gasteiger partial charge in [-0.1, -0.05) is 6.07 Å². The second-order valence-electron chi connectivity index (χ2n) is 5.92. The van der Waals surface area contributed by atoms with Crippen LogP contribution in [0, 0.1) is 0 Å². The summed E-state index contributed by atoms with van der Waals surface area (Å²) in [4.78, 5) is 8.75. The van der Waals surface area contributed by atoms with E-state index < -0.39 is 0 Å². The molecule has 0 fully saturated rings. The second kappa shape index (κ2) is 6.03. The van der Waals surface area contributed by atoms with Crippen LogP contribution in [0.2, 0.25) is 0 Å². The number of hydrogen-bond acceptors (Lipinski definition) is 6. The van der Waals surface area contributed by atoms with E-state index in [-0.39, 0.29) is 6.79 Å². The van der Waals surface area contributed by atoms with Gasteiger partial charge in [0.2, 0.25) is 6.79 Å². The largest absolute Gasteiger partial charge is 0.454 e. The minimum absolute atomic E-state index is 0.259. The molecule has 0 spiro atoms. The van der Waals surface area contributed by atoms with E-state index in [1.54, 1.807) is 16.9 Å². The number of benzene rings is 1. The molecule has 1 aliphatic heterocycles. The van der Waals surface area contributed by atoms with Gasteiger partial charge in [-0.2, -0.15) is 5.10 Å². The van der Waals surface area contributed by atoms with Crippen LogP contribution in [0.15, 0.2) is 61.2 Å². The molecule has 0 bridgehead atoms. The van der Waals surface area contributed by atoms with Crippen molar-refractivity contribution in [2.24, 2.45) is 0 Å². The average molecular weight is 345 g/mol. The van der Waals surface area contributed by atoms with E-state index in [1.807, 2.05) is 48.8 Å². The molecule has 0 aliphatic carbocycles. The average Bonchev–Trinajstić information content (AvgIpc) is 3.33. The summed E-state index contributed by atoms with van der Waals surface area (Å²) in [6, 6.07) is 11.7. The molecule has 26 heavy (non-hydrogen) atoms. The first-order chi connectivity index (χ1) is 12.9. The molecule has 0 radical (unpaired) electrons. The van der Waals surface area contributed by atoms with Crippen LogP contribution in [0.1, 0.15) is 5.56 Å². The molecule has 3 aromatic heterocycles. The van der Waals surface area contributed by atoms with Crippen molar-refractivity contribution < 1.29 is 9.47 Å². The molecule has 1 N–H and O–H groups in total. The topological polar surface area (TPSA) is 73.6 Å². The summed E-state index contributed by atoms with van der Waals surface area (Å²) in [5.41, 5.74) is 3.86. The highest BCUT2D eigenvalue weighted by molar-refractivity contribution is 5.79. The molecule has 1 aliphatic rings. The van der Waals surface area contributed by atoms with Crippen molar-refractivity contribution in [1.29, 1.82) is 0 Å². The quantitative estimate of drug-likeness (QED) is 0.613. The number of anilines is 1. The zero-order valence-corrected chi connectivity index (χ0v) is 13.8. The Hall–Kier alpha value is -3.61. The SMILES string of the molecule is c1cc(CNc2ccn3ncc(-c4ccc5c(c4)OCO5)c3n2)ccn1. The summed E-state index contributed by atoms with van der Waals surface area (Å²) >= 11 is 0. The molecule has 4 aromatic rings. The van der Waals surface area contributed by atoms with Gasteiger partial charge in [0.1, 0.15) is 5.82 Å². The molecule has 7 nitrogen and oxygen atoms in total. The first-order valence-corrected chi connectivity index (χ1v) is 8.24. The lowest BCUT2D eigenvalue weighted by molar-refractivity contribution is 0.174. The number of hydrogen-bond donors (Lipinski definition) is 1. The molecule has 0 saturated carbocycles. The molecular weight excluding hydrogens is 330 g/mol. The number of nitrogens with zero attached hydrogens (tertiary/aromatic N) is 4. The van der Waals surface area contributed by atoms with E-state index in [0.29, 0.717) is 6.54 Å². The number of nitrogens with one attached hydrogen (secondary N) is 1. The highest BCUT2D eigenvalue weighted by Crippen LogP contribution is 2.36. The van der Waals surface area contributed by atoms with E-state index in [1.165, 1.54) is 0 Å². The lowest BCUT2D eigenvalue weighted by Crippen LogP contribution is -2.02. The number of rotatable bonds is 4. The van der Waals surface area contributed by atoms with Crippen molar-refractivity contribution >= 4 is 11.5 Å². The van der Waals surface area contributed by atoms with Gasteiger partial charge < -0.3 is 14.8 Å². The highest BCUT2D eigenvalue weighted by Gasteiger charge is 2.16. The molecule has 7 heteroatoms. The molecule has 128 valence electrons. The zero-order chi connectivity index (χ0) is 17.3. The fourth-order valence-electron chi connectivity index (χ4n) is 2.93. The maximum absolute atomic E-state index is 5.47. The zero-order valence-electron chi connectivity index (χ0n) is 13.8. The third kappa shape index (κ3) is 2.59. The first-order valence-electron chi connectivity index (χ1n) is 8.24. The van der Waals surface area contributed by atoms with Gasteiger partial charge in [-0.05, 0) is 41.5 Å². The van der Waals surface area contributed by atoms with E-state index in [0.717, 1.165) is 39.7 Å². The Bertz CT molecular complexity index is 1080. The first kappa shape index (κ1) is 14.7. The predicted octanol–water partition coefficient (Wildman–Crippen LogP) is 3.13. The number of aromatic nitrogens is 4. The van der Waals surface area contributed by atoms with Crippen molar-refractivity contribution in [2.75, 3.05) is 12.1 Å². The summed E-state index contributed by atoms with van der Waals surface area (Å²) in [6.07, 6.45) is 7.27. The lowest BCUT2D eigenvalue weighted by Gasteiger charge is -2.07. The van der Waals surface area contributed by atoms with Crippen LogP contribution >= 0.6 is 0 Å². The minimum atomic E-state index is 0.259. The molecule has 0 atom stereocenters. The van der Waals surface area contributed by atoms with Gasteiger partial charge >= 0.3 is 0 Å². The van der Waals surface area contributed by atoms with E-state index >= 15 is 0 Å². The van der Waals surface area contributed by atoms with Crippen molar-refractivity contribution in [3.63, 3.8) is 0 Å². The van der Waals surface area contributed by atoms with E-state index in [9.17, 15) is 0 Å². The van der Waals surface area contributed by atoms with Crippen molar-refractivity contribution in [1.82, 2.24) is 19.6 Å². The van der Waals surface area contributed by atoms with Crippen molar-refractivity contribution in [3.8, 4) is 22.6 Å². The Morgan fingerprint density at radius 1 is 1.04 bits per heavy atom. The van der Waals surface area contributed by atoms with Gasteiger partial charge in [0.15, 0.2) is 17.1 Å². The molecule has 5 rings (SSSR count). The van der Waals surface area contributed by atoms with Crippen molar-refractivity contribution in [3.05, 3.63) is 66.7 Å². The standard InChI is InChI=1S/C19H15N5O2/c1-2-16-17(26-12-25-16)9-14(1)15-11-22-24-8-5-18(23-19(15)24)21-10-13-3-6-20-7-4-13/h1-9,11H,10,12H2,(H,21,23). The van der Waals surface area contributed by atoms with Crippen LogP contribution in [0.5, 0.6) is 11.5 Å². The summed E-state index contributed by atoms with van der Waals surface area (Å²) in [5.74, 6) is 2.29. The number of ether oxygens (including phenoxy) is 2. The van der Waals surface area contributed by atoms with Crippen LogP contribution < -0.4 is 14.8 Å². The predicted molar refractivity (Wildman–Crippen MR) is 96.1 cm³/mol. The van der Waals surface area contributed by atoms with Gasteiger partial charge in [0.05, 0.1) is 6.20 Å². The van der Waals surface area contributed by atoms with E-state index in [2.05, 4.69) is 15.4 Å². The molecule has 1 aromatic carbocycles. The van der Waals surface area contributed by atoms with Crippen molar-refractivity contribution in [2.45, 2.75) is 6.54 Å². The van der Waals surface area contributed by atoms with Gasteiger partial charge in [-0.15, -0.1) is 0 Å². The fraction of sp³-hybridized carbons (Fsp3) is 0.105. The molecule has 4 heterocycles. The number of pyridine rings is 1. The summed E-state index contributed by atoms with van der Waals surface area (Å²) in [5, 5.41) is 7.73. The molecular formula is C19H15N5O2. The Balaban J connectivity index is 1.47. The summed E-state index contributed by atoms with van der Waals surface area (Å²) < 4.78 is 12.6. The Morgan fingerprint density at radius 2 is 1.92 bits per heavy atom. The molecule has 0 amide bonds. The Morgan fingerprint density at radius 3 is 2.85 bits per heavy atom. The summed E-state index contributed by atoms with van der Waals surface area (Å²) in [7, 11) is 0. The minimum Gasteiger partial charge on any atom is -0.454 e. The van der Waals surface area contributed by atoms with Crippen LogP contribution in [0.4, 0.5) is 5.82 Å². The van der Waals surface area contributed by atoms with E-state index in [4.69, 9.17) is 14.5 Å². The van der Waals surface area contributed by atoms with Gasteiger partial charge in [0.25, 0.3) is 0 Å². The Labute approximate surface area is 149 Å². The van der Waals surface area contributed by atoms with Gasteiger partial charge in [-0.25, -0.2) is 9.50 Å². The normalized spacial score (nSPS) is 12.5. The monoisotopic (exact) mass is 345 g/mol. The van der Waals surface area contributed by atoms with Gasteiger partial charge in [-0.3, -0.25) is 4.98 Å².